The van der Waals surface area contributed by atoms with E-state index in [9.17, 15) is 0 Å². The van der Waals surface area contributed by atoms with Gasteiger partial charge >= 0.3 is 0 Å². The first-order valence-corrected chi connectivity index (χ1v) is 15.3. The van der Waals surface area contributed by atoms with E-state index in [0.717, 1.165) is 35.2 Å². The van der Waals surface area contributed by atoms with Gasteiger partial charge in [0.2, 0.25) is 0 Å². The van der Waals surface area contributed by atoms with Crippen LogP contribution < -0.4 is 4.98 Å². The lowest BCUT2D eigenvalue weighted by Gasteiger charge is -2.44. The number of fused-ring (bicyclic) bond motifs is 1. The standard InChI is InChI=1S/C24H47NOSSi/c1-18-19(2)22(21-20(18)14-16-27-21)28(9,25-23(3,4)5)17-13-11-10-12-15-26-24(6,7)8/h14,16,18-22,25H,10-13,15,17H2,1-9H3. The molecule has 0 aromatic rings. The van der Waals surface area contributed by atoms with Gasteiger partial charge in [-0.3, -0.25) is 0 Å². The molecule has 0 bridgehead atoms. The van der Waals surface area contributed by atoms with Crippen LogP contribution >= 0.6 is 11.8 Å². The number of hydrogen-bond acceptors (Lipinski definition) is 3. The Balaban J connectivity index is 1.94. The highest BCUT2D eigenvalue weighted by Gasteiger charge is 2.55. The molecule has 0 saturated heterocycles. The second-order valence-corrected chi connectivity index (χ2v) is 17.0. The lowest BCUT2D eigenvalue weighted by atomic mass is 9.93. The van der Waals surface area contributed by atoms with Gasteiger partial charge in [0, 0.05) is 17.4 Å². The maximum absolute atomic E-state index is 5.88. The number of thioether (sulfide) groups is 1. The van der Waals surface area contributed by atoms with Gasteiger partial charge in [-0.2, -0.15) is 0 Å². The van der Waals surface area contributed by atoms with E-state index in [2.05, 4.69) is 90.2 Å². The zero-order valence-electron chi connectivity index (χ0n) is 20.1. The van der Waals surface area contributed by atoms with E-state index in [1.54, 1.807) is 0 Å². The second kappa shape index (κ2) is 9.57. The summed E-state index contributed by atoms with van der Waals surface area (Å²) in [6.07, 6.45) is 7.72. The topological polar surface area (TPSA) is 21.3 Å². The fraction of sp³-hybridized carbons (Fsp3) is 0.917. The SMILES string of the molecule is CC1C(C)C([Si](C)(CCCCCCOC(C)(C)C)NC(C)(C)C)C2SC=CC12. The highest BCUT2D eigenvalue weighted by molar-refractivity contribution is 8.03. The molecule has 6 unspecified atom stereocenters. The third-order valence-electron chi connectivity index (χ3n) is 6.79. The van der Waals surface area contributed by atoms with Crippen molar-refractivity contribution in [3.8, 4) is 0 Å². The fourth-order valence-electron chi connectivity index (χ4n) is 5.64. The first kappa shape index (κ1) is 24.5. The van der Waals surface area contributed by atoms with Gasteiger partial charge in [0.25, 0.3) is 0 Å². The Hall–Kier alpha value is 0.227. The zero-order chi connectivity index (χ0) is 21.2. The summed E-state index contributed by atoms with van der Waals surface area (Å²) in [4.78, 5) is 4.23. The van der Waals surface area contributed by atoms with Crippen LogP contribution in [0.3, 0.4) is 0 Å². The highest BCUT2D eigenvalue weighted by atomic mass is 32.2. The fourth-order valence-corrected chi connectivity index (χ4v) is 13.9. The summed E-state index contributed by atoms with van der Waals surface area (Å²) < 4.78 is 5.88. The van der Waals surface area contributed by atoms with Crippen molar-refractivity contribution in [1.29, 1.82) is 0 Å². The van der Waals surface area contributed by atoms with Crippen molar-refractivity contribution < 1.29 is 4.74 Å². The van der Waals surface area contributed by atoms with Gasteiger partial charge in [-0.15, -0.1) is 11.8 Å². The highest BCUT2D eigenvalue weighted by Crippen LogP contribution is 2.58. The largest absolute Gasteiger partial charge is 0.376 e. The predicted molar refractivity (Wildman–Crippen MR) is 130 cm³/mol. The summed E-state index contributed by atoms with van der Waals surface area (Å²) in [5, 5.41) is 3.21. The van der Waals surface area contributed by atoms with E-state index in [1.807, 2.05) is 0 Å². The van der Waals surface area contributed by atoms with Crippen LogP contribution in [0.5, 0.6) is 0 Å². The third kappa shape index (κ3) is 6.62. The number of ether oxygens (including phenoxy) is 1. The van der Waals surface area contributed by atoms with Crippen LogP contribution in [0.2, 0.25) is 18.1 Å². The Morgan fingerprint density at radius 1 is 0.964 bits per heavy atom. The van der Waals surface area contributed by atoms with Gasteiger partial charge in [0.05, 0.1) is 5.60 Å². The first-order valence-electron chi connectivity index (χ1n) is 11.6. The molecule has 1 saturated carbocycles. The summed E-state index contributed by atoms with van der Waals surface area (Å²) in [7, 11) is -1.58. The molecule has 4 heteroatoms. The molecule has 0 amide bonds. The quantitative estimate of drug-likeness (QED) is 0.311. The van der Waals surface area contributed by atoms with Crippen molar-refractivity contribution in [1.82, 2.24) is 4.98 Å². The Morgan fingerprint density at radius 3 is 2.21 bits per heavy atom. The first-order chi connectivity index (χ1) is 12.8. The van der Waals surface area contributed by atoms with Gasteiger partial charge in [-0.1, -0.05) is 45.7 Å². The van der Waals surface area contributed by atoms with Crippen LogP contribution in [0.1, 0.15) is 81.1 Å². The molecule has 1 heterocycles. The van der Waals surface area contributed by atoms with E-state index in [1.165, 1.54) is 31.7 Å². The molecule has 0 aromatic heterocycles. The van der Waals surface area contributed by atoms with Crippen LogP contribution in [0.25, 0.3) is 0 Å². The van der Waals surface area contributed by atoms with Gasteiger partial charge in [0.15, 0.2) is 0 Å². The van der Waals surface area contributed by atoms with Crippen molar-refractivity contribution >= 4 is 20.0 Å². The number of rotatable bonds is 9. The summed E-state index contributed by atoms with van der Waals surface area (Å²) in [6, 6.07) is 1.41. The molecule has 1 aliphatic carbocycles. The van der Waals surface area contributed by atoms with Crippen LogP contribution in [0.4, 0.5) is 0 Å². The molecule has 2 aliphatic rings. The number of nitrogens with one attached hydrogen (secondary N) is 1. The average Bonchev–Trinajstić information content (AvgIpc) is 3.07. The molecule has 0 aromatic carbocycles. The molecular formula is C24H47NOSSi. The van der Waals surface area contributed by atoms with E-state index < -0.39 is 8.24 Å². The van der Waals surface area contributed by atoms with Gasteiger partial charge in [-0.25, -0.2) is 0 Å². The minimum Gasteiger partial charge on any atom is -0.376 e. The van der Waals surface area contributed by atoms with Crippen LogP contribution in [0, 0.1) is 17.8 Å². The van der Waals surface area contributed by atoms with Crippen LogP contribution in [0.15, 0.2) is 11.5 Å². The van der Waals surface area contributed by atoms with E-state index >= 15 is 0 Å². The monoisotopic (exact) mass is 425 g/mol. The lowest BCUT2D eigenvalue weighted by Crippen LogP contribution is -2.61. The molecule has 0 radical (unpaired) electrons. The molecular weight excluding hydrogens is 378 g/mol. The number of allylic oxidation sites excluding steroid dienone is 1. The average molecular weight is 426 g/mol. The Labute approximate surface area is 181 Å². The number of unbranched alkanes of at least 4 members (excludes halogenated alkanes) is 3. The Morgan fingerprint density at radius 2 is 1.61 bits per heavy atom. The van der Waals surface area contributed by atoms with E-state index in [4.69, 9.17) is 4.74 Å². The molecule has 28 heavy (non-hydrogen) atoms. The third-order valence-corrected chi connectivity index (χ3v) is 13.3. The summed E-state index contributed by atoms with van der Waals surface area (Å²) in [5.41, 5.74) is 1.08. The van der Waals surface area contributed by atoms with E-state index in [-0.39, 0.29) is 11.1 Å². The minimum absolute atomic E-state index is 0.000937. The van der Waals surface area contributed by atoms with Gasteiger partial charge in [0.1, 0.15) is 8.24 Å². The molecule has 6 atom stereocenters. The van der Waals surface area contributed by atoms with E-state index in [0.29, 0.717) is 0 Å². The molecule has 0 spiro atoms. The zero-order valence-corrected chi connectivity index (χ0v) is 21.9. The van der Waals surface area contributed by atoms with Crippen molar-refractivity contribution in [2.45, 2.75) is 116 Å². The van der Waals surface area contributed by atoms with Crippen LogP contribution in [-0.2, 0) is 4.74 Å². The molecule has 2 nitrogen and oxygen atoms in total. The van der Waals surface area contributed by atoms with Crippen molar-refractivity contribution in [3.05, 3.63) is 11.5 Å². The van der Waals surface area contributed by atoms with Crippen LogP contribution in [-0.4, -0.2) is 31.2 Å². The predicted octanol–water partition coefficient (Wildman–Crippen LogP) is 7.23. The molecule has 2 rings (SSSR count). The molecule has 164 valence electrons. The molecule has 1 N–H and O–H groups in total. The molecule has 1 aliphatic heterocycles. The Kier molecular flexibility index (Phi) is 8.38. The normalized spacial score (nSPS) is 32.5. The van der Waals surface area contributed by atoms with Crippen molar-refractivity contribution in [2.24, 2.45) is 17.8 Å². The summed E-state index contributed by atoms with van der Waals surface area (Å²) in [6.45, 7) is 22.1. The number of hydrogen-bond donors (Lipinski definition) is 1. The second-order valence-electron chi connectivity index (χ2n) is 11.7. The Bertz CT molecular complexity index is 524. The molecule has 1 fully saturated rings. The maximum atomic E-state index is 5.88. The minimum atomic E-state index is -1.58. The maximum Gasteiger partial charge on any atom is 0.127 e. The van der Waals surface area contributed by atoms with Crippen molar-refractivity contribution in [3.63, 3.8) is 0 Å². The van der Waals surface area contributed by atoms with Crippen molar-refractivity contribution in [2.75, 3.05) is 6.61 Å². The summed E-state index contributed by atoms with van der Waals surface area (Å²) >= 11 is 2.13. The lowest BCUT2D eigenvalue weighted by molar-refractivity contribution is -0.00471. The smallest absolute Gasteiger partial charge is 0.127 e. The summed E-state index contributed by atoms with van der Waals surface area (Å²) in [5.74, 6) is 2.46. The van der Waals surface area contributed by atoms with Gasteiger partial charge < -0.3 is 9.72 Å². The van der Waals surface area contributed by atoms with Gasteiger partial charge in [-0.05, 0) is 82.7 Å².